The Kier molecular flexibility index (Phi) is 6.51. The van der Waals surface area contributed by atoms with Crippen LogP contribution >= 0.6 is 0 Å². The van der Waals surface area contributed by atoms with Crippen LogP contribution in [0.2, 0.25) is 0 Å². The number of anilines is 1. The molecule has 0 unspecified atom stereocenters. The lowest BCUT2D eigenvalue weighted by molar-refractivity contribution is -0.140. The summed E-state index contributed by atoms with van der Waals surface area (Å²) in [6.45, 7) is 5.31. The number of aryl methyl sites for hydroxylation is 1. The van der Waals surface area contributed by atoms with E-state index in [0.29, 0.717) is 17.2 Å². The number of rotatable bonds is 5. The Morgan fingerprint density at radius 3 is 2.33 bits per heavy atom. The Bertz CT molecular complexity index is 1180. The predicted molar refractivity (Wildman–Crippen MR) is 114 cm³/mol. The number of hydrogen-bond donors (Lipinski definition) is 1. The second-order valence-corrected chi connectivity index (χ2v) is 10.5. The van der Waals surface area contributed by atoms with Crippen LogP contribution in [0.3, 0.4) is 0 Å². The third kappa shape index (κ3) is 5.14. The first-order chi connectivity index (χ1) is 15.1. The highest BCUT2D eigenvalue weighted by Gasteiger charge is 2.42. The number of nitrogens with zero attached hydrogens (tertiary/aromatic N) is 2. The lowest BCUT2D eigenvalue weighted by Gasteiger charge is -2.47. The smallest absolute Gasteiger partial charge is 0.419 e. The summed E-state index contributed by atoms with van der Waals surface area (Å²) in [4.78, 5) is 12.7. The van der Waals surface area contributed by atoms with Crippen LogP contribution in [0.5, 0.6) is 0 Å². The third-order valence-electron chi connectivity index (χ3n) is 5.70. The van der Waals surface area contributed by atoms with Crippen molar-refractivity contribution in [3.8, 4) is 0 Å². The summed E-state index contributed by atoms with van der Waals surface area (Å²) in [5.74, 6) is -2.47. The van der Waals surface area contributed by atoms with Crippen LogP contribution in [0.25, 0.3) is 0 Å². The summed E-state index contributed by atoms with van der Waals surface area (Å²) < 4.78 is 80.6. The predicted octanol–water partition coefficient (Wildman–Crippen LogP) is 4.07. The standard InChI is InChI=1S/C22H24F4N2O4S/c1-14-4-6-17(10-15(14)11-20(29)30)33(31,32)28-9-8-27(13-21(28,2)3)16-5-7-18(19(23)12-16)22(24,25)26/h4-7,10,12H,8-9,11,13H2,1-3H3,(H,29,30). The van der Waals surface area contributed by atoms with E-state index in [1.807, 2.05) is 0 Å². The van der Waals surface area contributed by atoms with Gasteiger partial charge in [-0.25, -0.2) is 12.8 Å². The summed E-state index contributed by atoms with van der Waals surface area (Å²) in [7, 11) is -3.99. The maximum absolute atomic E-state index is 14.0. The van der Waals surface area contributed by atoms with Gasteiger partial charge in [0.2, 0.25) is 10.0 Å². The number of halogens is 4. The van der Waals surface area contributed by atoms with Gasteiger partial charge in [-0.3, -0.25) is 4.79 Å². The Balaban J connectivity index is 1.87. The van der Waals surface area contributed by atoms with Crippen LogP contribution in [0.15, 0.2) is 41.3 Å². The minimum absolute atomic E-state index is 0.0140. The van der Waals surface area contributed by atoms with E-state index in [4.69, 9.17) is 5.11 Å². The molecule has 1 saturated heterocycles. The number of carbonyl (C=O) groups is 1. The number of aliphatic carboxylic acids is 1. The zero-order valence-electron chi connectivity index (χ0n) is 18.3. The molecule has 1 aliphatic rings. The molecule has 1 heterocycles. The summed E-state index contributed by atoms with van der Waals surface area (Å²) in [6, 6.07) is 6.98. The highest BCUT2D eigenvalue weighted by Crippen LogP contribution is 2.35. The highest BCUT2D eigenvalue weighted by atomic mass is 32.2. The van der Waals surface area contributed by atoms with E-state index in [0.717, 1.165) is 6.07 Å². The molecule has 180 valence electrons. The number of hydrogen-bond acceptors (Lipinski definition) is 4. The van der Waals surface area contributed by atoms with Crippen molar-refractivity contribution in [2.45, 2.75) is 43.8 Å². The summed E-state index contributed by atoms with van der Waals surface area (Å²) >= 11 is 0. The molecule has 1 N–H and O–H groups in total. The number of benzene rings is 2. The number of piperazine rings is 1. The van der Waals surface area contributed by atoms with Crippen molar-refractivity contribution < 1.29 is 35.9 Å². The molecule has 11 heteroatoms. The van der Waals surface area contributed by atoms with Crippen molar-refractivity contribution in [1.82, 2.24) is 4.31 Å². The molecule has 0 saturated carbocycles. The van der Waals surface area contributed by atoms with Crippen molar-refractivity contribution in [3.05, 3.63) is 58.9 Å². The topological polar surface area (TPSA) is 77.9 Å². The maximum Gasteiger partial charge on any atom is 0.419 e. The van der Waals surface area contributed by atoms with E-state index in [-0.39, 0.29) is 36.6 Å². The molecule has 0 aliphatic carbocycles. The van der Waals surface area contributed by atoms with Gasteiger partial charge >= 0.3 is 12.1 Å². The van der Waals surface area contributed by atoms with Gasteiger partial charge in [0.05, 0.1) is 16.9 Å². The van der Waals surface area contributed by atoms with E-state index >= 15 is 0 Å². The summed E-state index contributed by atoms with van der Waals surface area (Å²) in [5, 5.41) is 9.08. The highest BCUT2D eigenvalue weighted by molar-refractivity contribution is 7.89. The molecule has 0 amide bonds. The van der Waals surface area contributed by atoms with E-state index in [1.165, 1.54) is 22.5 Å². The van der Waals surface area contributed by atoms with Crippen molar-refractivity contribution >= 4 is 21.7 Å². The zero-order chi connectivity index (χ0) is 24.8. The van der Waals surface area contributed by atoms with Gasteiger partial charge in [0.15, 0.2) is 0 Å². The van der Waals surface area contributed by atoms with Crippen molar-refractivity contribution in [3.63, 3.8) is 0 Å². The second-order valence-electron chi connectivity index (χ2n) is 8.63. The molecule has 0 spiro atoms. The van der Waals surface area contributed by atoms with Crippen molar-refractivity contribution in [2.75, 3.05) is 24.5 Å². The van der Waals surface area contributed by atoms with Gasteiger partial charge < -0.3 is 10.0 Å². The zero-order valence-corrected chi connectivity index (χ0v) is 19.1. The first-order valence-corrected chi connectivity index (χ1v) is 11.5. The number of alkyl halides is 3. The fourth-order valence-corrected chi connectivity index (χ4v) is 5.84. The molecule has 2 aromatic carbocycles. The lowest BCUT2D eigenvalue weighted by atomic mass is 10.0. The Labute approximate surface area is 189 Å². The monoisotopic (exact) mass is 488 g/mol. The van der Waals surface area contributed by atoms with Gasteiger partial charge in [0.25, 0.3) is 0 Å². The van der Waals surface area contributed by atoms with Crippen LogP contribution < -0.4 is 4.90 Å². The van der Waals surface area contributed by atoms with Crippen LogP contribution in [0.4, 0.5) is 23.2 Å². The van der Waals surface area contributed by atoms with Crippen LogP contribution in [0, 0.1) is 12.7 Å². The largest absolute Gasteiger partial charge is 0.481 e. The van der Waals surface area contributed by atoms with E-state index in [9.17, 15) is 30.8 Å². The molecule has 1 aliphatic heterocycles. The van der Waals surface area contributed by atoms with E-state index in [2.05, 4.69) is 0 Å². The average Bonchev–Trinajstić information content (AvgIpc) is 2.67. The van der Waals surface area contributed by atoms with Gasteiger partial charge in [-0.1, -0.05) is 6.07 Å². The fourth-order valence-electron chi connectivity index (χ4n) is 4.02. The number of carboxylic acids is 1. The van der Waals surface area contributed by atoms with Crippen molar-refractivity contribution in [2.24, 2.45) is 0 Å². The first-order valence-electron chi connectivity index (χ1n) is 10.1. The summed E-state index contributed by atoms with van der Waals surface area (Å²) in [5.41, 5.74) is -1.06. The molecule has 0 aromatic heterocycles. The molecule has 0 atom stereocenters. The fraction of sp³-hybridized carbons (Fsp3) is 0.409. The SMILES string of the molecule is Cc1ccc(S(=O)(=O)N2CCN(c3ccc(C(F)(F)F)c(F)c3)CC2(C)C)cc1CC(=O)O. The number of carboxylic acid groups (broad SMARTS) is 1. The van der Waals surface area contributed by atoms with Crippen LogP contribution in [-0.2, 0) is 27.4 Å². The van der Waals surface area contributed by atoms with Gasteiger partial charge in [-0.05, 0) is 62.2 Å². The molecule has 6 nitrogen and oxygen atoms in total. The summed E-state index contributed by atoms with van der Waals surface area (Å²) in [6.07, 6.45) is -5.12. The maximum atomic E-state index is 14.0. The lowest BCUT2D eigenvalue weighted by Crippen LogP contribution is -2.61. The Morgan fingerprint density at radius 2 is 1.79 bits per heavy atom. The molecule has 33 heavy (non-hydrogen) atoms. The van der Waals surface area contributed by atoms with E-state index < -0.39 is 39.1 Å². The van der Waals surface area contributed by atoms with Gasteiger partial charge in [0.1, 0.15) is 5.82 Å². The molecule has 0 radical (unpaired) electrons. The minimum Gasteiger partial charge on any atom is -0.481 e. The Morgan fingerprint density at radius 1 is 1.12 bits per heavy atom. The molecule has 1 fully saturated rings. The third-order valence-corrected chi connectivity index (χ3v) is 7.81. The molecular weight excluding hydrogens is 464 g/mol. The molecule has 3 rings (SSSR count). The average molecular weight is 489 g/mol. The first kappa shape index (κ1) is 25.0. The van der Waals surface area contributed by atoms with Crippen LogP contribution in [-0.4, -0.2) is 49.0 Å². The molecule has 2 aromatic rings. The van der Waals surface area contributed by atoms with Crippen LogP contribution in [0.1, 0.15) is 30.5 Å². The van der Waals surface area contributed by atoms with Gasteiger partial charge in [-0.2, -0.15) is 17.5 Å². The Hall–Kier alpha value is -2.66. The molecular formula is C22H24F4N2O4S. The normalized spacial score (nSPS) is 17.2. The van der Waals surface area contributed by atoms with Gasteiger partial charge in [0, 0.05) is 30.9 Å². The molecule has 0 bridgehead atoms. The second kappa shape index (κ2) is 8.60. The van der Waals surface area contributed by atoms with Crippen molar-refractivity contribution in [1.29, 1.82) is 0 Å². The number of sulfonamides is 1. The minimum atomic E-state index is -4.80. The van der Waals surface area contributed by atoms with Gasteiger partial charge in [-0.15, -0.1) is 0 Å². The quantitative estimate of drug-likeness (QED) is 0.642. The van der Waals surface area contributed by atoms with E-state index in [1.54, 1.807) is 31.7 Å².